The molecule has 1 atom stereocenters. The molecule has 8 rings (SSSR count). The van der Waals surface area contributed by atoms with Crippen molar-refractivity contribution in [1.29, 1.82) is 0 Å². The minimum Gasteiger partial charge on any atom is -0.345 e. The average Bonchev–Trinajstić information content (AvgIpc) is 3.34. The zero-order chi connectivity index (χ0) is 44.1. The molecule has 0 radical (unpaired) electrons. The number of para-hydroxylation sites is 1. The summed E-state index contributed by atoms with van der Waals surface area (Å²) in [5.41, 5.74) is 10.4. The lowest BCUT2D eigenvalue weighted by Crippen LogP contribution is -2.40. The number of carbonyl (C=O) groups excluding carboxylic acids is 1. The summed E-state index contributed by atoms with van der Waals surface area (Å²) in [6.45, 7) is 17.7. The molecule has 2 aliphatic heterocycles. The minimum absolute atomic E-state index is 0.121. The summed E-state index contributed by atoms with van der Waals surface area (Å²) >= 11 is 0. The van der Waals surface area contributed by atoms with Gasteiger partial charge in [0.25, 0.3) is 0 Å². The molecule has 0 spiro atoms. The smallest absolute Gasteiger partial charge is 0.249 e. The van der Waals surface area contributed by atoms with Gasteiger partial charge in [0.15, 0.2) is 11.6 Å². The van der Waals surface area contributed by atoms with Crippen molar-refractivity contribution in [3.05, 3.63) is 228 Å². The molecule has 6 aromatic carbocycles. The quantitative estimate of drug-likeness (QED) is 0.117. The van der Waals surface area contributed by atoms with E-state index < -0.39 is 17.6 Å². The predicted molar refractivity (Wildman–Crippen MR) is 257 cm³/mol. The number of carbonyl (C=O) groups is 1. The Kier molecular flexibility index (Phi) is 14.9. The molecule has 320 valence electrons. The van der Waals surface area contributed by atoms with Crippen LogP contribution in [0.3, 0.4) is 0 Å². The van der Waals surface area contributed by atoms with Crippen molar-refractivity contribution in [2.24, 2.45) is 4.99 Å². The molecule has 2 heterocycles. The van der Waals surface area contributed by atoms with E-state index in [1.807, 2.05) is 129 Å². The van der Waals surface area contributed by atoms with E-state index in [-0.39, 0.29) is 17.7 Å². The van der Waals surface area contributed by atoms with E-state index in [0.29, 0.717) is 32.8 Å². The van der Waals surface area contributed by atoms with Crippen LogP contribution in [0, 0.1) is 0 Å². The largest absolute Gasteiger partial charge is 0.345 e. The van der Waals surface area contributed by atoms with Crippen molar-refractivity contribution < 1.29 is 23.7 Å². The maximum Gasteiger partial charge on any atom is 0.249 e. The summed E-state index contributed by atoms with van der Waals surface area (Å²) in [5.74, 6) is -1.38. The third-order valence-electron chi connectivity index (χ3n) is 11.6. The Morgan fingerprint density at radius 2 is 1.00 bits per heavy atom. The third kappa shape index (κ3) is 11.7. The van der Waals surface area contributed by atoms with Crippen LogP contribution in [0.25, 0.3) is 18.2 Å². The van der Waals surface area contributed by atoms with Gasteiger partial charge < -0.3 is 24.3 Å². The fourth-order valence-electron chi connectivity index (χ4n) is 7.52. The van der Waals surface area contributed by atoms with Gasteiger partial charge in [0.2, 0.25) is 5.91 Å². The lowest BCUT2D eigenvalue weighted by Gasteiger charge is -2.40. The number of hydrogen-bond donors (Lipinski definition) is 1. The van der Waals surface area contributed by atoms with Crippen molar-refractivity contribution in [2.45, 2.75) is 49.7 Å². The van der Waals surface area contributed by atoms with Crippen LogP contribution < -0.4 is 5.32 Å². The van der Waals surface area contributed by atoms with E-state index in [1.165, 1.54) is 11.1 Å². The number of anilines is 1. The van der Waals surface area contributed by atoms with Crippen LogP contribution in [0.2, 0.25) is 0 Å². The number of amides is 1. The molecule has 0 aromatic heterocycles. The number of ether oxygens (including phenoxy) is 4. The zero-order valence-electron chi connectivity index (χ0n) is 36.2. The van der Waals surface area contributed by atoms with Gasteiger partial charge in [0.05, 0.1) is 26.4 Å². The number of nitrogens with one attached hydrogen (secondary N) is 1. The van der Waals surface area contributed by atoms with E-state index in [2.05, 4.69) is 84.6 Å². The SMILES string of the molecule is C=Cc1ccc(C2COC(C)(c3cccc(C4(C)OCC(c5ccc(C=C)cc5)CO4)c3)OC2)cc1.C=Cc1ccc(C=NC(Cc2ccccc2)C(=O)Nc2ccccc2)cc1. The molecule has 2 saturated heterocycles. The van der Waals surface area contributed by atoms with Crippen molar-refractivity contribution in [3.8, 4) is 0 Å². The summed E-state index contributed by atoms with van der Waals surface area (Å²) < 4.78 is 25.3. The van der Waals surface area contributed by atoms with Crippen LogP contribution in [-0.4, -0.2) is 44.6 Å². The fraction of sp³-hybridized carbons (Fsp3) is 0.214. The Labute approximate surface area is 372 Å². The lowest BCUT2D eigenvalue weighted by atomic mass is 9.94. The van der Waals surface area contributed by atoms with Gasteiger partial charge in [0.1, 0.15) is 6.04 Å². The molecule has 1 N–H and O–H groups in total. The highest BCUT2D eigenvalue weighted by atomic mass is 16.7. The molecule has 0 aliphatic carbocycles. The van der Waals surface area contributed by atoms with Gasteiger partial charge in [-0.2, -0.15) is 0 Å². The van der Waals surface area contributed by atoms with Crippen molar-refractivity contribution in [3.63, 3.8) is 0 Å². The molecule has 0 saturated carbocycles. The maximum absolute atomic E-state index is 12.8. The summed E-state index contributed by atoms with van der Waals surface area (Å²) in [6, 6.07) is 51.7. The van der Waals surface area contributed by atoms with Crippen molar-refractivity contribution in [1.82, 2.24) is 0 Å². The highest BCUT2D eigenvalue weighted by Crippen LogP contribution is 2.39. The number of rotatable bonds is 13. The first-order chi connectivity index (χ1) is 30.7. The molecule has 63 heavy (non-hydrogen) atoms. The molecule has 0 bridgehead atoms. The second-order valence-electron chi connectivity index (χ2n) is 16.1. The summed E-state index contributed by atoms with van der Waals surface area (Å²) in [7, 11) is 0. The number of aliphatic imine (C=N–C) groups is 1. The second kappa shape index (κ2) is 21.1. The molecule has 1 amide bonds. The van der Waals surface area contributed by atoms with E-state index in [0.717, 1.165) is 44.6 Å². The summed E-state index contributed by atoms with van der Waals surface area (Å²) in [4.78, 5) is 17.4. The van der Waals surface area contributed by atoms with Crippen LogP contribution in [0.5, 0.6) is 0 Å². The second-order valence-corrected chi connectivity index (χ2v) is 16.1. The Morgan fingerprint density at radius 3 is 1.44 bits per heavy atom. The van der Waals surface area contributed by atoms with Crippen LogP contribution in [0.15, 0.2) is 182 Å². The van der Waals surface area contributed by atoms with Gasteiger partial charge in [-0.25, -0.2) is 0 Å². The van der Waals surface area contributed by atoms with E-state index in [9.17, 15) is 4.79 Å². The van der Waals surface area contributed by atoms with Gasteiger partial charge >= 0.3 is 0 Å². The molecular weight excluding hydrogens is 781 g/mol. The fourth-order valence-corrected chi connectivity index (χ4v) is 7.52. The first-order valence-electron chi connectivity index (χ1n) is 21.4. The Bertz CT molecular complexity index is 2350. The molecular formula is C56H56N2O5. The van der Waals surface area contributed by atoms with Gasteiger partial charge in [-0.15, -0.1) is 0 Å². The van der Waals surface area contributed by atoms with E-state index in [4.69, 9.17) is 18.9 Å². The molecule has 6 aromatic rings. The van der Waals surface area contributed by atoms with Crippen molar-refractivity contribution in [2.75, 3.05) is 31.7 Å². The Balaban J connectivity index is 0.000000197. The Hall–Kier alpha value is -6.48. The number of nitrogens with zero attached hydrogens (tertiary/aromatic N) is 1. The van der Waals surface area contributed by atoms with Gasteiger partial charge in [-0.1, -0.05) is 177 Å². The van der Waals surface area contributed by atoms with E-state index >= 15 is 0 Å². The zero-order valence-corrected chi connectivity index (χ0v) is 36.2. The van der Waals surface area contributed by atoms with Crippen molar-refractivity contribution >= 4 is 36.0 Å². The molecule has 1 unspecified atom stereocenters. The monoisotopic (exact) mass is 836 g/mol. The molecule has 7 heteroatoms. The topological polar surface area (TPSA) is 78.4 Å². The molecule has 2 aliphatic rings. The Morgan fingerprint density at radius 1 is 0.587 bits per heavy atom. The number of benzene rings is 6. The maximum atomic E-state index is 12.8. The first kappa shape index (κ1) is 44.6. The van der Waals surface area contributed by atoms with Crippen LogP contribution in [0.1, 0.15) is 75.8 Å². The lowest BCUT2D eigenvalue weighted by molar-refractivity contribution is -0.275. The van der Waals surface area contributed by atoms with Crippen LogP contribution >= 0.6 is 0 Å². The van der Waals surface area contributed by atoms with Gasteiger partial charge in [-0.05, 0) is 71.0 Å². The highest BCUT2D eigenvalue weighted by molar-refractivity contribution is 5.96. The normalized spacial score (nSPS) is 21.3. The van der Waals surface area contributed by atoms with E-state index in [1.54, 1.807) is 12.3 Å². The van der Waals surface area contributed by atoms with Gasteiger partial charge in [0, 0.05) is 41.3 Å². The third-order valence-corrected chi connectivity index (χ3v) is 11.6. The summed E-state index contributed by atoms with van der Waals surface area (Å²) in [5, 5.41) is 2.95. The standard InChI is InChI=1S/C32H34O4.C24H22N2O/c1-5-23-10-14-25(15-11-23)27-19-33-31(3,34-20-27)29-8-7-9-30(18-29)32(4)35-21-28(22-36-32)26-16-12-24(6-2)13-17-26;1-2-19-13-15-21(16-14-19)18-25-23(17-20-9-5-3-6-10-20)24(27)26-22-11-7-4-8-12-22/h5-18,27-28H,1-2,19-22H2,3-4H3;2-16,18,23H,1,17H2,(H,26,27). The molecule has 7 nitrogen and oxygen atoms in total. The molecule has 2 fully saturated rings. The highest BCUT2D eigenvalue weighted by Gasteiger charge is 2.39. The average molecular weight is 837 g/mol. The first-order valence-corrected chi connectivity index (χ1v) is 21.4. The summed E-state index contributed by atoms with van der Waals surface area (Å²) in [6.07, 6.45) is 7.79. The van der Waals surface area contributed by atoms with Crippen LogP contribution in [-0.2, 0) is 41.7 Å². The van der Waals surface area contributed by atoms with Crippen LogP contribution in [0.4, 0.5) is 5.69 Å². The minimum atomic E-state index is -0.825. The number of hydrogen-bond acceptors (Lipinski definition) is 6. The predicted octanol–water partition coefficient (Wildman–Crippen LogP) is 12.0. The van der Waals surface area contributed by atoms with Gasteiger partial charge in [-0.3, -0.25) is 9.79 Å².